The highest BCUT2D eigenvalue weighted by atomic mass is 35.5. The zero-order chi connectivity index (χ0) is 28.2. The van der Waals surface area contributed by atoms with Crippen LogP contribution in [0.15, 0.2) is 90.1 Å². The third-order valence-corrected chi connectivity index (χ3v) is 7.41. The van der Waals surface area contributed by atoms with Crippen molar-refractivity contribution in [2.45, 2.75) is 23.6 Å². The van der Waals surface area contributed by atoms with Gasteiger partial charge in [0.25, 0.3) is 0 Å². The molecule has 11 heteroatoms. The van der Waals surface area contributed by atoms with Gasteiger partial charge in [-0.2, -0.15) is 13.2 Å². The smallest absolute Gasteiger partial charge is 0.416 e. The molecule has 0 saturated carbocycles. The molecule has 1 N–H and O–H groups in total. The number of nitrogens with zero attached hydrogens (tertiary/aromatic N) is 2. The molecule has 39 heavy (non-hydrogen) atoms. The van der Waals surface area contributed by atoms with E-state index in [0.717, 1.165) is 23.3 Å². The van der Waals surface area contributed by atoms with Gasteiger partial charge in [0.15, 0.2) is 11.3 Å². The summed E-state index contributed by atoms with van der Waals surface area (Å²) in [7, 11) is 0. The topological polar surface area (TPSA) is 79.2 Å². The molecule has 1 fully saturated rings. The van der Waals surface area contributed by atoms with E-state index in [1.54, 1.807) is 0 Å². The van der Waals surface area contributed by atoms with E-state index in [2.05, 4.69) is 5.16 Å². The second-order valence-electron chi connectivity index (χ2n) is 8.98. The zero-order valence-corrected chi connectivity index (χ0v) is 21.8. The van der Waals surface area contributed by atoms with Crippen molar-refractivity contribution in [1.82, 2.24) is 0 Å². The van der Waals surface area contributed by atoms with Crippen LogP contribution in [0.2, 0.25) is 0 Å². The van der Waals surface area contributed by atoms with Gasteiger partial charge in [-0.3, -0.25) is 4.79 Å². The summed E-state index contributed by atoms with van der Waals surface area (Å²) >= 11 is 11.6. The Bertz CT molecular complexity index is 1310. The minimum Gasteiger partial charge on any atom is -0.477 e. The number of hydrogen-bond donors (Lipinski definition) is 1. The molecule has 0 bridgehead atoms. The van der Waals surface area contributed by atoms with Crippen LogP contribution in [0.5, 0.6) is 0 Å². The first-order valence-corrected chi connectivity index (χ1v) is 12.8. The average molecular weight is 579 g/mol. The Morgan fingerprint density at radius 2 is 1.62 bits per heavy atom. The third kappa shape index (κ3) is 6.04. The summed E-state index contributed by atoms with van der Waals surface area (Å²) in [6.07, 6.45) is -4.22. The van der Waals surface area contributed by atoms with Gasteiger partial charge >= 0.3 is 12.1 Å². The molecule has 6 nitrogen and oxygen atoms in total. The molecule has 5 rings (SSSR count). The van der Waals surface area contributed by atoms with Crippen LogP contribution in [0.25, 0.3) is 0 Å². The van der Waals surface area contributed by atoms with Crippen LogP contribution in [0.3, 0.4) is 0 Å². The molecule has 1 saturated heterocycles. The van der Waals surface area contributed by atoms with Gasteiger partial charge in [-0.25, -0.2) is 4.79 Å². The maximum absolute atomic E-state index is 12.6. The van der Waals surface area contributed by atoms with E-state index in [9.17, 15) is 22.8 Å². The molecular formula is C28H23Cl2F3N2O4. The number of carbonyl (C=O) groups is 2. The molecule has 2 unspecified atom stereocenters. The predicted octanol–water partition coefficient (Wildman–Crippen LogP) is 6.31. The van der Waals surface area contributed by atoms with Crippen molar-refractivity contribution >= 4 is 46.5 Å². The van der Waals surface area contributed by atoms with E-state index in [0.29, 0.717) is 0 Å². The SMILES string of the molecule is O=C(O)C1=NOC(c2ccccc2)(c2ccccc2)C1.O=C1C(Cl)C(CCl)CN1c1cccc(C(F)(F)F)c1. The number of carboxylic acid groups (broad SMARTS) is 1. The molecule has 0 spiro atoms. The summed E-state index contributed by atoms with van der Waals surface area (Å²) < 4.78 is 37.9. The molecule has 0 aliphatic carbocycles. The molecule has 2 heterocycles. The summed E-state index contributed by atoms with van der Waals surface area (Å²) in [5.74, 6) is -1.52. The Balaban J connectivity index is 0.000000181. The molecule has 3 aromatic carbocycles. The minimum absolute atomic E-state index is 0.0395. The second kappa shape index (κ2) is 11.7. The highest BCUT2D eigenvalue weighted by Gasteiger charge is 2.44. The van der Waals surface area contributed by atoms with Gasteiger partial charge in [-0.1, -0.05) is 71.9 Å². The highest BCUT2D eigenvalue weighted by molar-refractivity contribution is 6.36. The first-order chi connectivity index (χ1) is 18.6. The number of halogens is 5. The normalized spacial score (nSPS) is 20.1. The van der Waals surface area contributed by atoms with Crippen molar-refractivity contribution in [2.24, 2.45) is 11.1 Å². The number of carboxylic acids is 1. The zero-order valence-electron chi connectivity index (χ0n) is 20.3. The Morgan fingerprint density at radius 3 is 2.08 bits per heavy atom. The molecule has 3 aromatic rings. The van der Waals surface area contributed by atoms with Crippen LogP contribution in [0, 0.1) is 5.92 Å². The second-order valence-corrected chi connectivity index (χ2v) is 9.76. The fourth-order valence-corrected chi connectivity index (χ4v) is 5.07. The quantitative estimate of drug-likeness (QED) is 0.360. The lowest BCUT2D eigenvalue weighted by Gasteiger charge is -2.27. The van der Waals surface area contributed by atoms with Gasteiger partial charge in [0.2, 0.25) is 5.91 Å². The minimum atomic E-state index is -4.44. The number of amides is 1. The van der Waals surface area contributed by atoms with Gasteiger partial charge in [0.1, 0.15) is 5.38 Å². The fourth-order valence-electron chi connectivity index (χ4n) is 4.42. The summed E-state index contributed by atoms with van der Waals surface area (Å²) in [4.78, 5) is 29.9. The van der Waals surface area contributed by atoms with Crippen LogP contribution in [-0.4, -0.2) is 40.5 Å². The lowest BCUT2D eigenvalue weighted by Crippen LogP contribution is -2.29. The van der Waals surface area contributed by atoms with Crippen molar-refractivity contribution < 1.29 is 32.7 Å². The number of hydrogen-bond acceptors (Lipinski definition) is 4. The monoisotopic (exact) mass is 578 g/mol. The van der Waals surface area contributed by atoms with Crippen LogP contribution >= 0.6 is 23.2 Å². The number of carbonyl (C=O) groups excluding carboxylic acids is 1. The third-order valence-electron chi connectivity index (χ3n) is 6.47. The van der Waals surface area contributed by atoms with Crippen molar-refractivity contribution in [2.75, 3.05) is 17.3 Å². The Kier molecular flexibility index (Phi) is 8.51. The number of benzene rings is 3. The average Bonchev–Trinajstić information content (AvgIpc) is 3.53. The fraction of sp³-hybridized carbons (Fsp3) is 0.250. The summed E-state index contributed by atoms with van der Waals surface area (Å²) in [5, 5.41) is 12.1. The molecule has 2 atom stereocenters. The number of anilines is 1. The van der Waals surface area contributed by atoms with Gasteiger partial charge < -0.3 is 14.8 Å². The van der Waals surface area contributed by atoms with Gasteiger partial charge in [-0.15, -0.1) is 23.2 Å². The lowest BCUT2D eigenvalue weighted by molar-refractivity contribution is -0.137. The molecule has 1 amide bonds. The summed E-state index contributed by atoms with van der Waals surface area (Å²) in [5.41, 5.74) is 0.377. The van der Waals surface area contributed by atoms with Crippen LogP contribution < -0.4 is 4.90 Å². The summed E-state index contributed by atoms with van der Waals surface area (Å²) in [6, 6.07) is 23.8. The van der Waals surface area contributed by atoms with Gasteiger partial charge in [-0.05, 0) is 18.2 Å². The number of alkyl halides is 5. The Labute approximate surface area is 232 Å². The molecule has 0 radical (unpaired) electrons. The van der Waals surface area contributed by atoms with E-state index in [-0.39, 0.29) is 36.2 Å². The van der Waals surface area contributed by atoms with E-state index >= 15 is 0 Å². The Morgan fingerprint density at radius 1 is 1.03 bits per heavy atom. The maximum atomic E-state index is 12.6. The first-order valence-electron chi connectivity index (χ1n) is 11.8. The van der Waals surface area contributed by atoms with E-state index < -0.39 is 34.6 Å². The molecule has 204 valence electrons. The van der Waals surface area contributed by atoms with Crippen molar-refractivity contribution in [3.05, 3.63) is 102 Å². The lowest BCUT2D eigenvalue weighted by atomic mass is 9.82. The molecule has 0 aromatic heterocycles. The van der Waals surface area contributed by atoms with Crippen molar-refractivity contribution in [3.8, 4) is 0 Å². The highest BCUT2D eigenvalue weighted by Crippen LogP contribution is 2.41. The van der Waals surface area contributed by atoms with E-state index in [4.69, 9.17) is 33.1 Å². The predicted molar refractivity (Wildman–Crippen MR) is 142 cm³/mol. The standard InChI is InChI=1S/C16H13NO3.C12H10Cl2F3NO/c18-15(19)14-11-16(20-17-14,12-7-3-1-4-8-12)13-9-5-2-6-10-13;13-5-7-6-18(11(19)10(7)14)9-3-1-2-8(4-9)12(15,16)17/h1-10H,11H2,(H,18,19);1-4,7,10H,5-6H2. The van der Waals surface area contributed by atoms with Crippen molar-refractivity contribution in [1.29, 1.82) is 0 Å². The molecule has 2 aliphatic rings. The number of rotatable bonds is 5. The molecule has 2 aliphatic heterocycles. The van der Waals surface area contributed by atoms with Crippen LogP contribution in [0.1, 0.15) is 23.1 Å². The van der Waals surface area contributed by atoms with Crippen molar-refractivity contribution in [3.63, 3.8) is 0 Å². The van der Waals surface area contributed by atoms with Crippen LogP contribution in [0.4, 0.5) is 18.9 Å². The maximum Gasteiger partial charge on any atom is 0.416 e. The number of aliphatic carboxylic acids is 1. The van der Waals surface area contributed by atoms with Crippen LogP contribution in [-0.2, 0) is 26.2 Å². The van der Waals surface area contributed by atoms with E-state index in [1.807, 2.05) is 60.7 Å². The van der Waals surface area contributed by atoms with Gasteiger partial charge in [0, 0.05) is 35.2 Å². The van der Waals surface area contributed by atoms with E-state index in [1.165, 1.54) is 17.0 Å². The first kappa shape index (κ1) is 28.4. The number of oxime groups is 1. The molecular weight excluding hydrogens is 556 g/mol. The largest absolute Gasteiger partial charge is 0.477 e. The van der Waals surface area contributed by atoms with Gasteiger partial charge in [0.05, 0.1) is 12.0 Å². The Hall–Kier alpha value is -3.56. The summed E-state index contributed by atoms with van der Waals surface area (Å²) in [6.45, 7) is 0.234.